The van der Waals surface area contributed by atoms with Gasteiger partial charge < -0.3 is 9.84 Å². The number of phenolic OH excluding ortho intramolecular Hbond substituents is 1. The van der Waals surface area contributed by atoms with Gasteiger partial charge in [0, 0.05) is 30.7 Å². The van der Waals surface area contributed by atoms with Gasteiger partial charge in [-0.25, -0.2) is 0 Å². The number of rotatable bonds is 3. The Hall–Kier alpha value is -1.06. The topological polar surface area (TPSA) is 32.7 Å². The highest BCUT2D eigenvalue weighted by atomic mass is 16.5. The van der Waals surface area contributed by atoms with Crippen LogP contribution in [0.1, 0.15) is 45.2 Å². The van der Waals surface area contributed by atoms with Gasteiger partial charge in [-0.1, -0.05) is 32.9 Å². The quantitative estimate of drug-likeness (QED) is 0.929. The summed E-state index contributed by atoms with van der Waals surface area (Å²) < 4.78 is 5.49. The summed E-state index contributed by atoms with van der Waals surface area (Å²) in [5, 5.41) is 10.5. The van der Waals surface area contributed by atoms with E-state index in [1.54, 1.807) is 7.11 Å². The smallest absolute Gasteiger partial charge is 0.119 e. The van der Waals surface area contributed by atoms with Gasteiger partial charge in [0.2, 0.25) is 0 Å². The lowest BCUT2D eigenvalue weighted by molar-refractivity contribution is -0.0576. The Bertz CT molecular complexity index is 569. The Balaban J connectivity index is 2.04. The molecule has 3 rings (SSSR count). The van der Waals surface area contributed by atoms with Crippen molar-refractivity contribution >= 4 is 0 Å². The van der Waals surface area contributed by atoms with Gasteiger partial charge in [-0.3, -0.25) is 4.90 Å². The molecule has 0 radical (unpaired) electrons. The second-order valence-corrected chi connectivity index (χ2v) is 7.88. The van der Waals surface area contributed by atoms with E-state index in [4.69, 9.17) is 4.74 Å². The Kier molecular flexibility index (Phi) is 3.77. The van der Waals surface area contributed by atoms with Gasteiger partial charge in [0.05, 0.1) is 6.10 Å². The van der Waals surface area contributed by atoms with Gasteiger partial charge in [0.15, 0.2) is 0 Å². The number of aromatic hydroxyl groups is 1. The van der Waals surface area contributed by atoms with Crippen LogP contribution in [-0.4, -0.2) is 42.4 Å². The first-order valence-electron chi connectivity index (χ1n) is 8.39. The number of hydrogen-bond donors (Lipinski definition) is 1. The molecule has 0 unspecified atom stereocenters. The van der Waals surface area contributed by atoms with E-state index >= 15 is 0 Å². The van der Waals surface area contributed by atoms with E-state index in [0.29, 0.717) is 11.8 Å². The fourth-order valence-electron chi connectivity index (χ4n) is 4.73. The molecular weight excluding hydrogens is 274 g/mol. The summed E-state index contributed by atoms with van der Waals surface area (Å²) in [6.45, 7) is 11.3. The van der Waals surface area contributed by atoms with E-state index < -0.39 is 0 Å². The standard InChI is InChI=1S/C19H29NO2/c1-13(22-5)12-20-10-9-19(4)17-14(7-6-8-15(17)21)11-16(20)18(19,2)3/h6-8,13,16,21H,9-12H2,1-5H3/t13-,16-,19+/m1/s1. The lowest BCUT2D eigenvalue weighted by Gasteiger charge is -2.61. The maximum absolute atomic E-state index is 10.5. The van der Waals surface area contributed by atoms with Gasteiger partial charge in [-0.05, 0) is 43.4 Å². The van der Waals surface area contributed by atoms with Crippen molar-refractivity contribution in [3.8, 4) is 5.75 Å². The summed E-state index contributed by atoms with van der Waals surface area (Å²) in [5.41, 5.74) is 2.67. The Morgan fingerprint density at radius 1 is 1.36 bits per heavy atom. The van der Waals surface area contributed by atoms with E-state index in [0.717, 1.165) is 25.9 Å². The molecule has 2 bridgehead atoms. The molecule has 1 aromatic carbocycles. The third-order valence-corrected chi connectivity index (χ3v) is 6.58. The van der Waals surface area contributed by atoms with Crippen LogP contribution < -0.4 is 0 Å². The van der Waals surface area contributed by atoms with Crippen molar-refractivity contribution in [3.05, 3.63) is 29.3 Å². The SMILES string of the molecule is CO[C@H](C)CN1CC[C@@]2(C)c3c(O)cccc3C[C@@H]1C2(C)C. The minimum atomic E-state index is 0.0312. The van der Waals surface area contributed by atoms with Crippen molar-refractivity contribution in [3.63, 3.8) is 0 Å². The zero-order valence-corrected chi connectivity index (χ0v) is 14.5. The van der Waals surface area contributed by atoms with Gasteiger partial charge in [-0.15, -0.1) is 0 Å². The summed E-state index contributed by atoms with van der Waals surface area (Å²) in [6, 6.07) is 6.52. The van der Waals surface area contributed by atoms with Gasteiger partial charge in [0.1, 0.15) is 5.75 Å². The van der Waals surface area contributed by atoms with Gasteiger partial charge in [0.25, 0.3) is 0 Å². The number of methoxy groups -OCH3 is 1. The first-order chi connectivity index (χ1) is 10.3. The molecule has 0 saturated carbocycles. The molecule has 1 fully saturated rings. The molecule has 1 aromatic rings. The van der Waals surface area contributed by atoms with Crippen molar-refractivity contribution < 1.29 is 9.84 Å². The molecule has 0 amide bonds. The van der Waals surface area contributed by atoms with Gasteiger partial charge in [-0.2, -0.15) is 0 Å². The third kappa shape index (κ3) is 2.10. The first kappa shape index (κ1) is 15.8. The number of fused-ring (bicyclic) bond motifs is 4. The third-order valence-electron chi connectivity index (χ3n) is 6.58. The lowest BCUT2D eigenvalue weighted by atomic mass is 9.51. The predicted molar refractivity (Wildman–Crippen MR) is 89.4 cm³/mol. The number of ether oxygens (including phenoxy) is 1. The molecular formula is C19H29NO2. The molecule has 22 heavy (non-hydrogen) atoms. The summed E-state index contributed by atoms with van der Waals surface area (Å²) in [5.74, 6) is 0.477. The second-order valence-electron chi connectivity index (χ2n) is 7.88. The van der Waals surface area contributed by atoms with Crippen LogP contribution in [0.25, 0.3) is 0 Å². The minimum absolute atomic E-state index is 0.0312. The number of nitrogens with zero attached hydrogens (tertiary/aromatic N) is 1. The molecule has 1 aliphatic carbocycles. The summed E-state index contributed by atoms with van der Waals surface area (Å²) in [6.07, 6.45) is 2.35. The fourth-order valence-corrected chi connectivity index (χ4v) is 4.73. The van der Waals surface area contributed by atoms with Crippen LogP contribution in [-0.2, 0) is 16.6 Å². The predicted octanol–water partition coefficient (Wildman–Crippen LogP) is 3.34. The van der Waals surface area contributed by atoms with E-state index in [2.05, 4.69) is 38.7 Å². The second kappa shape index (κ2) is 5.24. The largest absolute Gasteiger partial charge is 0.508 e. The van der Waals surface area contributed by atoms with Crippen LogP contribution in [0.15, 0.2) is 18.2 Å². The van der Waals surface area contributed by atoms with Crippen LogP contribution >= 0.6 is 0 Å². The Morgan fingerprint density at radius 2 is 2.09 bits per heavy atom. The van der Waals surface area contributed by atoms with Crippen LogP contribution in [0.2, 0.25) is 0 Å². The van der Waals surface area contributed by atoms with E-state index in [9.17, 15) is 5.11 Å². The molecule has 1 heterocycles. The summed E-state index contributed by atoms with van der Waals surface area (Å²) in [4.78, 5) is 2.60. The maximum atomic E-state index is 10.5. The number of piperidine rings is 1. The molecule has 1 N–H and O–H groups in total. The van der Waals surface area contributed by atoms with Crippen LogP contribution in [0.3, 0.4) is 0 Å². The highest BCUT2D eigenvalue weighted by Gasteiger charge is 2.56. The van der Waals surface area contributed by atoms with Crippen LogP contribution in [0.5, 0.6) is 5.75 Å². The minimum Gasteiger partial charge on any atom is -0.508 e. The number of likely N-dealkylation sites (tertiary alicyclic amines) is 1. The summed E-state index contributed by atoms with van der Waals surface area (Å²) >= 11 is 0. The van der Waals surface area contributed by atoms with Crippen molar-refractivity contribution in [1.82, 2.24) is 4.90 Å². The normalized spacial score (nSPS) is 31.6. The molecule has 122 valence electrons. The molecule has 1 saturated heterocycles. The molecule has 0 aromatic heterocycles. The molecule has 0 spiro atoms. The molecule has 1 aliphatic heterocycles. The van der Waals surface area contributed by atoms with E-state index in [1.165, 1.54) is 11.1 Å². The monoisotopic (exact) mass is 303 g/mol. The van der Waals surface area contributed by atoms with Crippen molar-refractivity contribution in [2.24, 2.45) is 5.41 Å². The molecule has 3 nitrogen and oxygen atoms in total. The zero-order chi connectivity index (χ0) is 16.1. The molecule has 3 atom stereocenters. The average Bonchev–Trinajstić information content (AvgIpc) is 2.45. The van der Waals surface area contributed by atoms with Crippen LogP contribution in [0, 0.1) is 5.41 Å². The van der Waals surface area contributed by atoms with Gasteiger partial charge >= 0.3 is 0 Å². The average molecular weight is 303 g/mol. The number of phenols is 1. The maximum Gasteiger partial charge on any atom is 0.119 e. The summed E-state index contributed by atoms with van der Waals surface area (Å²) in [7, 11) is 1.79. The van der Waals surface area contributed by atoms with Crippen molar-refractivity contribution in [2.45, 2.75) is 58.1 Å². The Labute approximate surface area is 134 Å². The Morgan fingerprint density at radius 3 is 2.77 bits per heavy atom. The van der Waals surface area contributed by atoms with E-state index in [1.807, 2.05) is 12.1 Å². The number of benzene rings is 1. The van der Waals surface area contributed by atoms with Crippen molar-refractivity contribution in [1.29, 1.82) is 0 Å². The van der Waals surface area contributed by atoms with Crippen molar-refractivity contribution in [2.75, 3.05) is 20.2 Å². The first-order valence-corrected chi connectivity index (χ1v) is 8.39. The van der Waals surface area contributed by atoms with E-state index in [-0.39, 0.29) is 16.9 Å². The molecule has 2 aliphatic rings. The highest BCUT2D eigenvalue weighted by Crippen LogP contribution is 2.57. The molecule has 3 heteroatoms. The number of hydrogen-bond acceptors (Lipinski definition) is 3. The van der Waals surface area contributed by atoms with Crippen LogP contribution in [0.4, 0.5) is 0 Å². The highest BCUT2D eigenvalue weighted by molar-refractivity contribution is 5.49. The fraction of sp³-hybridized carbons (Fsp3) is 0.684. The zero-order valence-electron chi connectivity index (χ0n) is 14.5. The lowest BCUT2D eigenvalue weighted by Crippen LogP contribution is -2.64.